The van der Waals surface area contributed by atoms with Crippen molar-refractivity contribution in [2.75, 3.05) is 6.61 Å². The number of carbonyl (C=O) groups is 3. The Morgan fingerprint density at radius 2 is 2.25 bits per heavy atom. The van der Waals surface area contributed by atoms with Crippen LogP contribution in [-0.4, -0.2) is 46.5 Å². The second-order valence-electron chi connectivity index (χ2n) is 5.95. The van der Waals surface area contributed by atoms with Crippen molar-refractivity contribution in [3.05, 3.63) is 24.2 Å². The molecule has 2 heterocycles. The Bertz CT molecular complexity index is 587. The number of urea groups is 1. The molecule has 4 amide bonds. The van der Waals surface area contributed by atoms with Crippen LogP contribution in [0.3, 0.4) is 0 Å². The largest absolute Gasteiger partial charge is 0.467 e. The van der Waals surface area contributed by atoms with Gasteiger partial charge in [-0.05, 0) is 18.1 Å². The molecule has 0 aliphatic carbocycles. The summed E-state index contributed by atoms with van der Waals surface area (Å²) in [5.41, 5.74) is 0. The highest BCUT2D eigenvalue weighted by atomic mass is 16.3. The van der Waals surface area contributed by atoms with Gasteiger partial charge in [-0.15, -0.1) is 0 Å². The number of carbonyl (C=O) groups excluding carboxylic acids is 3. The minimum Gasteiger partial charge on any atom is -0.467 e. The molecule has 3 atom stereocenters. The monoisotopic (exact) mass is 337 g/mol. The first kappa shape index (κ1) is 18.0. The Morgan fingerprint density at radius 3 is 2.83 bits per heavy atom. The van der Waals surface area contributed by atoms with E-state index >= 15 is 0 Å². The lowest BCUT2D eigenvalue weighted by Gasteiger charge is -2.22. The van der Waals surface area contributed by atoms with Crippen LogP contribution in [0, 0.1) is 5.92 Å². The third-order valence-corrected chi connectivity index (χ3v) is 4.26. The Balaban J connectivity index is 1.92. The molecule has 0 spiro atoms. The van der Waals surface area contributed by atoms with Crippen LogP contribution in [-0.2, 0) is 16.1 Å². The fourth-order valence-electron chi connectivity index (χ4n) is 2.53. The second-order valence-corrected chi connectivity index (χ2v) is 5.95. The Kier molecular flexibility index (Phi) is 5.97. The number of rotatable bonds is 8. The molecular weight excluding hydrogens is 314 g/mol. The number of hydrogen-bond donors (Lipinski definition) is 3. The number of amides is 4. The molecule has 1 aromatic heterocycles. The molecule has 3 N–H and O–H groups in total. The maximum Gasteiger partial charge on any atom is 0.325 e. The van der Waals surface area contributed by atoms with Crippen molar-refractivity contribution in [1.82, 2.24) is 15.5 Å². The number of hydrogen-bond acceptors (Lipinski definition) is 5. The van der Waals surface area contributed by atoms with Crippen LogP contribution >= 0.6 is 0 Å². The first-order chi connectivity index (χ1) is 11.5. The maximum absolute atomic E-state index is 12.3. The minimum absolute atomic E-state index is 0.0297. The number of aliphatic hydroxyl groups excluding tert-OH is 1. The molecule has 2 rings (SSSR count). The highest BCUT2D eigenvalue weighted by Crippen LogP contribution is 2.15. The van der Waals surface area contributed by atoms with Crippen LogP contribution in [0.4, 0.5) is 4.79 Å². The summed E-state index contributed by atoms with van der Waals surface area (Å²) >= 11 is 0. The van der Waals surface area contributed by atoms with Crippen LogP contribution in [0.5, 0.6) is 0 Å². The first-order valence-electron chi connectivity index (χ1n) is 8.00. The predicted octanol–water partition coefficient (Wildman–Crippen LogP) is 0.613. The molecule has 0 radical (unpaired) electrons. The molecule has 1 saturated heterocycles. The lowest BCUT2D eigenvalue weighted by atomic mass is 9.99. The van der Waals surface area contributed by atoms with Gasteiger partial charge in [0.25, 0.3) is 5.91 Å². The molecule has 1 aromatic rings. The summed E-state index contributed by atoms with van der Waals surface area (Å²) in [6, 6.07) is 1.52. The average Bonchev–Trinajstić information content (AvgIpc) is 3.16. The fraction of sp³-hybridized carbons (Fsp3) is 0.562. The van der Waals surface area contributed by atoms with Crippen LogP contribution in [0.15, 0.2) is 22.8 Å². The first-order valence-corrected chi connectivity index (χ1v) is 8.00. The van der Waals surface area contributed by atoms with Crippen molar-refractivity contribution < 1.29 is 23.9 Å². The molecule has 0 saturated carbocycles. The standard InChI is InChI=1S/C16H23N3O5/c1-3-10(2)13(9-20)17-14(21)7-12-15(22)19(16(23)18-12)8-11-5-4-6-24-11/h4-6,10,12-13,20H,3,7-9H2,1-2H3,(H,17,21)(H,18,23)/t10-,12+,13-/m0/s1. The molecule has 24 heavy (non-hydrogen) atoms. The number of imide groups is 1. The van der Waals surface area contributed by atoms with E-state index in [1.165, 1.54) is 6.26 Å². The summed E-state index contributed by atoms with van der Waals surface area (Å²) in [6.45, 7) is 3.75. The van der Waals surface area contributed by atoms with Crippen molar-refractivity contribution in [1.29, 1.82) is 0 Å². The van der Waals surface area contributed by atoms with Gasteiger partial charge in [-0.25, -0.2) is 4.79 Å². The Hall–Kier alpha value is -2.35. The summed E-state index contributed by atoms with van der Waals surface area (Å²) < 4.78 is 5.13. The van der Waals surface area contributed by atoms with E-state index in [9.17, 15) is 19.5 Å². The third-order valence-electron chi connectivity index (χ3n) is 4.26. The van der Waals surface area contributed by atoms with E-state index in [0.717, 1.165) is 11.3 Å². The van der Waals surface area contributed by atoms with Gasteiger partial charge in [0.05, 0.1) is 31.9 Å². The molecular formula is C16H23N3O5. The quantitative estimate of drug-likeness (QED) is 0.602. The van der Waals surface area contributed by atoms with Crippen molar-refractivity contribution in [2.24, 2.45) is 5.92 Å². The zero-order valence-corrected chi connectivity index (χ0v) is 13.8. The highest BCUT2D eigenvalue weighted by Gasteiger charge is 2.39. The normalized spacial score (nSPS) is 20.0. The van der Waals surface area contributed by atoms with E-state index < -0.39 is 18.0 Å². The van der Waals surface area contributed by atoms with E-state index in [4.69, 9.17) is 4.42 Å². The average molecular weight is 337 g/mol. The highest BCUT2D eigenvalue weighted by molar-refractivity contribution is 6.05. The lowest BCUT2D eigenvalue weighted by Crippen LogP contribution is -2.44. The fourth-order valence-corrected chi connectivity index (χ4v) is 2.53. The topological polar surface area (TPSA) is 112 Å². The van der Waals surface area contributed by atoms with E-state index in [2.05, 4.69) is 10.6 Å². The van der Waals surface area contributed by atoms with Gasteiger partial charge in [0.1, 0.15) is 11.8 Å². The van der Waals surface area contributed by atoms with E-state index in [-0.39, 0.29) is 37.4 Å². The zero-order chi connectivity index (χ0) is 17.7. The maximum atomic E-state index is 12.3. The molecule has 8 heteroatoms. The molecule has 1 aliphatic rings. The molecule has 0 unspecified atom stereocenters. The molecule has 0 bridgehead atoms. The van der Waals surface area contributed by atoms with Gasteiger partial charge in [-0.1, -0.05) is 20.3 Å². The van der Waals surface area contributed by atoms with Gasteiger partial charge in [0.2, 0.25) is 5.91 Å². The van der Waals surface area contributed by atoms with Gasteiger partial charge in [-0.2, -0.15) is 0 Å². The molecule has 0 aromatic carbocycles. The lowest BCUT2D eigenvalue weighted by molar-refractivity contribution is -0.131. The molecule has 8 nitrogen and oxygen atoms in total. The molecule has 1 aliphatic heterocycles. The third kappa shape index (κ3) is 4.14. The number of furan rings is 1. The van der Waals surface area contributed by atoms with Crippen molar-refractivity contribution >= 4 is 17.8 Å². The van der Waals surface area contributed by atoms with E-state index in [0.29, 0.717) is 5.76 Å². The SMILES string of the molecule is CC[C@H](C)[C@H](CO)NC(=O)C[C@H]1NC(=O)N(Cc2ccco2)C1=O. The van der Waals surface area contributed by atoms with Crippen LogP contribution < -0.4 is 10.6 Å². The summed E-state index contributed by atoms with van der Waals surface area (Å²) in [5, 5.41) is 14.6. The summed E-state index contributed by atoms with van der Waals surface area (Å²) in [7, 11) is 0. The van der Waals surface area contributed by atoms with Gasteiger partial charge >= 0.3 is 6.03 Å². The van der Waals surface area contributed by atoms with Crippen molar-refractivity contribution in [3.8, 4) is 0 Å². The minimum atomic E-state index is -0.899. The Labute approximate surface area is 140 Å². The van der Waals surface area contributed by atoms with Crippen LogP contribution in [0.25, 0.3) is 0 Å². The zero-order valence-electron chi connectivity index (χ0n) is 13.8. The summed E-state index contributed by atoms with van der Waals surface area (Å²) in [5.74, 6) is -0.243. The van der Waals surface area contributed by atoms with Crippen molar-refractivity contribution in [2.45, 2.75) is 45.3 Å². The molecule has 132 valence electrons. The van der Waals surface area contributed by atoms with Gasteiger partial charge in [-0.3, -0.25) is 14.5 Å². The van der Waals surface area contributed by atoms with Gasteiger partial charge in [0, 0.05) is 0 Å². The number of nitrogens with zero attached hydrogens (tertiary/aromatic N) is 1. The molecule has 1 fully saturated rings. The predicted molar refractivity (Wildman–Crippen MR) is 84.7 cm³/mol. The van der Waals surface area contributed by atoms with Gasteiger partial charge < -0.3 is 20.2 Å². The smallest absolute Gasteiger partial charge is 0.325 e. The van der Waals surface area contributed by atoms with Crippen LogP contribution in [0.1, 0.15) is 32.4 Å². The van der Waals surface area contributed by atoms with E-state index in [1.807, 2.05) is 13.8 Å². The number of aliphatic hydroxyl groups is 1. The summed E-state index contributed by atoms with van der Waals surface area (Å²) in [4.78, 5) is 37.3. The van der Waals surface area contributed by atoms with Crippen molar-refractivity contribution in [3.63, 3.8) is 0 Å². The van der Waals surface area contributed by atoms with E-state index in [1.54, 1.807) is 12.1 Å². The second kappa shape index (κ2) is 7.96. The number of nitrogens with one attached hydrogen (secondary N) is 2. The van der Waals surface area contributed by atoms with Gasteiger partial charge in [0.15, 0.2) is 0 Å². The Morgan fingerprint density at radius 1 is 1.50 bits per heavy atom. The summed E-state index contributed by atoms with van der Waals surface area (Å²) in [6.07, 6.45) is 2.11. The van der Waals surface area contributed by atoms with Crippen LogP contribution in [0.2, 0.25) is 0 Å².